The summed E-state index contributed by atoms with van der Waals surface area (Å²) in [6.07, 6.45) is 0. The van der Waals surface area contributed by atoms with Gasteiger partial charge in [-0.2, -0.15) is 5.10 Å². The zero-order valence-electron chi connectivity index (χ0n) is 17.5. The van der Waals surface area contributed by atoms with Crippen LogP contribution in [0.2, 0.25) is 5.02 Å². The minimum absolute atomic E-state index is 0.438. The molecule has 6 rings (SSSR count). The van der Waals surface area contributed by atoms with Gasteiger partial charge < -0.3 is 9.30 Å². The standard InChI is InChI=1S/C24H17ClN6OS/c1-32-16-9-7-15(8-10-16)31-21(28-29-24(31)33)13-30-20-11-6-14(25)12-17(20)22-23(30)27-19-5-3-2-4-18(19)26-22/h2-12H,13H2,1H3,(H,29,33). The van der Waals surface area contributed by atoms with E-state index in [9.17, 15) is 0 Å². The molecular weight excluding hydrogens is 456 g/mol. The van der Waals surface area contributed by atoms with Crippen molar-refractivity contribution >= 4 is 56.9 Å². The summed E-state index contributed by atoms with van der Waals surface area (Å²) in [7, 11) is 1.64. The van der Waals surface area contributed by atoms with Gasteiger partial charge in [0.2, 0.25) is 0 Å². The van der Waals surface area contributed by atoms with Crippen molar-refractivity contribution in [3.8, 4) is 11.4 Å². The third-order valence-corrected chi connectivity index (χ3v) is 6.19. The van der Waals surface area contributed by atoms with E-state index in [0.717, 1.165) is 50.4 Å². The molecule has 3 heterocycles. The molecule has 0 aliphatic rings. The average molecular weight is 473 g/mol. The second-order valence-corrected chi connectivity index (χ2v) is 8.43. The third kappa shape index (κ3) is 3.26. The summed E-state index contributed by atoms with van der Waals surface area (Å²) in [4.78, 5) is 9.84. The van der Waals surface area contributed by atoms with Crippen molar-refractivity contribution in [2.45, 2.75) is 6.54 Å². The van der Waals surface area contributed by atoms with Gasteiger partial charge in [-0.1, -0.05) is 23.7 Å². The number of nitrogens with one attached hydrogen (secondary N) is 1. The fourth-order valence-electron chi connectivity index (χ4n) is 4.14. The Morgan fingerprint density at radius 2 is 1.76 bits per heavy atom. The van der Waals surface area contributed by atoms with Crippen LogP contribution in [-0.4, -0.2) is 36.4 Å². The van der Waals surface area contributed by atoms with Crippen LogP contribution in [0.1, 0.15) is 5.82 Å². The Morgan fingerprint density at radius 1 is 1.00 bits per heavy atom. The molecule has 6 aromatic rings. The number of methoxy groups -OCH3 is 1. The molecule has 3 aromatic carbocycles. The number of benzene rings is 3. The Morgan fingerprint density at radius 3 is 2.52 bits per heavy atom. The summed E-state index contributed by atoms with van der Waals surface area (Å²) in [6, 6.07) is 21.3. The van der Waals surface area contributed by atoms with Gasteiger partial charge >= 0.3 is 0 Å². The van der Waals surface area contributed by atoms with Crippen LogP contribution in [0, 0.1) is 4.77 Å². The summed E-state index contributed by atoms with van der Waals surface area (Å²) in [6.45, 7) is 0.438. The van der Waals surface area contributed by atoms with E-state index >= 15 is 0 Å². The Hall–Kier alpha value is -3.75. The Labute approximate surface area is 198 Å². The largest absolute Gasteiger partial charge is 0.497 e. The molecule has 0 saturated carbocycles. The van der Waals surface area contributed by atoms with Crippen molar-refractivity contribution in [3.05, 3.63) is 82.3 Å². The Bertz CT molecular complexity index is 1720. The van der Waals surface area contributed by atoms with Gasteiger partial charge in [0.25, 0.3) is 0 Å². The highest BCUT2D eigenvalue weighted by Crippen LogP contribution is 2.31. The van der Waals surface area contributed by atoms with Gasteiger partial charge in [0.05, 0.1) is 30.2 Å². The maximum Gasteiger partial charge on any atom is 0.199 e. The lowest BCUT2D eigenvalue weighted by Gasteiger charge is -2.10. The highest BCUT2D eigenvalue weighted by Gasteiger charge is 2.18. The predicted octanol–water partition coefficient (Wildman–Crippen LogP) is 5.69. The van der Waals surface area contributed by atoms with Gasteiger partial charge in [-0.05, 0) is 66.8 Å². The predicted molar refractivity (Wildman–Crippen MR) is 132 cm³/mol. The summed E-state index contributed by atoms with van der Waals surface area (Å²) < 4.78 is 9.81. The number of nitrogens with zero attached hydrogens (tertiary/aromatic N) is 5. The van der Waals surface area contributed by atoms with Crippen LogP contribution in [-0.2, 0) is 6.54 Å². The van der Waals surface area contributed by atoms with Crippen LogP contribution in [0.4, 0.5) is 0 Å². The van der Waals surface area contributed by atoms with Crippen molar-refractivity contribution in [1.29, 1.82) is 0 Å². The molecule has 0 aliphatic heterocycles. The second kappa shape index (κ2) is 7.68. The minimum Gasteiger partial charge on any atom is -0.497 e. The molecule has 1 N–H and O–H groups in total. The zero-order valence-corrected chi connectivity index (χ0v) is 19.1. The van der Waals surface area contributed by atoms with Crippen molar-refractivity contribution in [1.82, 2.24) is 29.3 Å². The molecule has 0 saturated heterocycles. The van der Waals surface area contributed by atoms with Crippen molar-refractivity contribution < 1.29 is 4.74 Å². The summed E-state index contributed by atoms with van der Waals surface area (Å²) >= 11 is 11.9. The monoisotopic (exact) mass is 472 g/mol. The number of rotatable bonds is 4. The molecule has 0 unspecified atom stereocenters. The molecule has 162 valence electrons. The van der Waals surface area contributed by atoms with E-state index < -0.39 is 0 Å². The molecule has 9 heteroatoms. The summed E-state index contributed by atoms with van der Waals surface area (Å²) in [5, 5.41) is 9.04. The van der Waals surface area contributed by atoms with Gasteiger partial charge in [-0.15, -0.1) is 0 Å². The van der Waals surface area contributed by atoms with Gasteiger partial charge in [0, 0.05) is 16.1 Å². The van der Waals surface area contributed by atoms with E-state index in [1.54, 1.807) is 7.11 Å². The van der Waals surface area contributed by atoms with E-state index in [4.69, 9.17) is 38.5 Å². The lowest BCUT2D eigenvalue weighted by atomic mass is 10.2. The Kier molecular flexibility index (Phi) is 4.63. The molecule has 7 nitrogen and oxygen atoms in total. The highest BCUT2D eigenvalue weighted by molar-refractivity contribution is 7.71. The lowest BCUT2D eigenvalue weighted by Crippen LogP contribution is -2.08. The molecule has 0 amide bonds. The highest BCUT2D eigenvalue weighted by atomic mass is 35.5. The van der Waals surface area contributed by atoms with Crippen molar-refractivity contribution in [2.24, 2.45) is 0 Å². The SMILES string of the molecule is COc1ccc(-n2c(Cn3c4ccc(Cl)cc4c4nc5ccccc5nc43)n[nH]c2=S)cc1. The number of aromatic nitrogens is 6. The number of hydrogen-bond acceptors (Lipinski definition) is 5. The summed E-state index contributed by atoms with van der Waals surface area (Å²) in [5.41, 5.74) is 5.10. The molecule has 0 fully saturated rings. The maximum absolute atomic E-state index is 6.34. The molecule has 0 radical (unpaired) electrons. The minimum atomic E-state index is 0.438. The quantitative estimate of drug-likeness (QED) is 0.333. The molecular formula is C24H17ClN6OS. The smallest absolute Gasteiger partial charge is 0.199 e. The number of aromatic amines is 1. The third-order valence-electron chi connectivity index (χ3n) is 5.68. The van der Waals surface area contributed by atoms with E-state index in [0.29, 0.717) is 16.3 Å². The lowest BCUT2D eigenvalue weighted by molar-refractivity contribution is 0.414. The van der Waals surface area contributed by atoms with E-state index in [2.05, 4.69) is 14.8 Å². The first-order valence-corrected chi connectivity index (χ1v) is 11.1. The molecule has 0 spiro atoms. The molecule has 0 aliphatic carbocycles. The number of para-hydroxylation sites is 2. The number of hydrogen-bond donors (Lipinski definition) is 1. The number of fused-ring (bicyclic) bond motifs is 4. The number of H-pyrrole nitrogens is 1. The zero-order chi connectivity index (χ0) is 22.5. The second-order valence-electron chi connectivity index (χ2n) is 7.61. The number of halogens is 1. The Balaban J connectivity index is 1.58. The van der Waals surface area contributed by atoms with Gasteiger partial charge in [-0.25, -0.2) is 9.97 Å². The van der Waals surface area contributed by atoms with Crippen LogP contribution in [0.5, 0.6) is 5.75 Å². The molecule has 33 heavy (non-hydrogen) atoms. The van der Waals surface area contributed by atoms with Crippen molar-refractivity contribution in [3.63, 3.8) is 0 Å². The van der Waals surface area contributed by atoms with Crippen LogP contribution in [0.3, 0.4) is 0 Å². The van der Waals surface area contributed by atoms with Gasteiger partial charge in [-0.3, -0.25) is 9.67 Å². The van der Waals surface area contributed by atoms with Gasteiger partial charge in [0.1, 0.15) is 11.3 Å². The molecule has 3 aromatic heterocycles. The van der Waals surface area contributed by atoms with Crippen LogP contribution in [0.25, 0.3) is 38.8 Å². The van der Waals surface area contributed by atoms with E-state index in [-0.39, 0.29) is 0 Å². The van der Waals surface area contributed by atoms with Crippen LogP contribution in [0.15, 0.2) is 66.7 Å². The van der Waals surface area contributed by atoms with Crippen LogP contribution >= 0.6 is 23.8 Å². The number of ether oxygens (including phenoxy) is 1. The van der Waals surface area contributed by atoms with Crippen molar-refractivity contribution in [2.75, 3.05) is 7.11 Å². The fourth-order valence-corrected chi connectivity index (χ4v) is 4.57. The maximum atomic E-state index is 6.34. The first-order chi connectivity index (χ1) is 16.1. The average Bonchev–Trinajstić information content (AvgIpc) is 3.35. The van der Waals surface area contributed by atoms with Gasteiger partial charge in [0.15, 0.2) is 16.2 Å². The first-order valence-electron chi connectivity index (χ1n) is 10.3. The summed E-state index contributed by atoms with van der Waals surface area (Å²) in [5.74, 6) is 1.52. The first kappa shape index (κ1) is 19.9. The normalized spacial score (nSPS) is 11.6. The molecule has 0 atom stereocenters. The van der Waals surface area contributed by atoms with Crippen LogP contribution < -0.4 is 4.74 Å². The van der Waals surface area contributed by atoms with E-state index in [1.165, 1.54) is 0 Å². The van der Waals surface area contributed by atoms with E-state index in [1.807, 2.05) is 71.3 Å². The molecule has 0 bridgehead atoms. The topological polar surface area (TPSA) is 73.6 Å². The fraction of sp³-hybridized carbons (Fsp3) is 0.0833.